The number of carbonyl (C=O) groups is 1. The summed E-state index contributed by atoms with van der Waals surface area (Å²) in [4.78, 5) is 12.6. The number of thioether (sulfide) groups is 2. The smallest absolute Gasteiger partial charge is 0.297 e. The van der Waals surface area contributed by atoms with Gasteiger partial charge in [-0.2, -0.15) is 13.2 Å². The van der Waals surface area contributed by atoms with Crippen LogP contribution in [0.15, 0.2) is 34.6 Å². The number of halogens is 3. The van der Waals surface area contributed by atoms with E-state index >= 15 is 0 Å². The number of benzene rings is 1. The average Bonchev–Trinajstić information content (AvgIpc) is 2.64. The van der Waals surface area contributed by atoms with Gasteiger partial charge in [-0.25, -0.2) is 0 Å². The van der Waals surface area contributed by atoms with Crippen LogP contribution in [0.2, 0.25) is 0 Å². The second-order valence-electron chi connectivity index (χ2n) is 4.10. The second-order valence-corrected chi connectivity index (χ2v) is 5.90. The molecule has 1 N–H and O–H groups in total. The van der Waals surface area contributed by atoms with E-state index in [2.05, 4.69) is 0 Å². The van der Waals surface area contributed by atoms with Crippen LogP contribution < -0.4 is 0 Å². The SMILES string of the molecule is CSC=C1SC(=N)C(c2cccc(C(F)(F)F)c2)C1=O. The summed E-state index contributed by atoms with van der Waals surface area (Å²) in [6.45, 7) is 0. The summed E-state index contributed by atoms with van der Waals surface area (Å²) in [7, 11) is 0. The quantitative estimate of drug-likeness (QED) is 0.827. The van der Waals surface area contributed by atoms with Gasteiger partial charge in [-0.3, -0.25) is 10.2 Å². The molecule has 0 aliphatic carbocycles. The van der Waals surface area contributed by atoms with Crippen molar-refractivity contribution < 1.29 is 18.0 Å². The van der Waals surface area contributed by atoms with E-state index in [4.69, 9.17) is 5.41 Å². The second kappa shape index (κ2) is 5.65. The van der Waals surface area contributed by atoms with Gasteiger partial charge < -0.3 is 0 Å². The lowest BCUT2D eigenvalue weighted by Gasteiger charge is -2.11. The number of ketones is 1. The van der Waals surface area contributed by atoms with Crippen LogP contribution in [0, 0.1) is 5.41 Å². The van der Waals surface area contributed by atoms with Gasteiger partial charge in [0, 0.05) is 0 Å². The third kappa shape index (κ3) is 2.93. The Morgan fingerprint density at radius 1 is 1.40 bits per heavy atom. The van der Waals surface area contributed by atoms with Crippen molar-refractivity contribution in [2.24, 2.45) is 0 Å². The van der Waals surface area contributed by atoms with Gasteiger partial charge in [0.05, 0.1) is 21.4 Å². The molecule has 1 fully saturated rings. The van der Waals surface area contributed by atoms with Gasteiger partial charge in [0.1, 0.15) is 0 Å². The Labute approximate surface area is 122 Å². The highest BCUT2D eigenvalue weighted by molar-refractivity contribution is 8.19. The largest absolute Gasteiger partial charge is 0.416 e. The maximum atomic E-state index is 12.7. The summed E-state index contributed by atoms with van der Waals surface area (Å²) in [6, 6.07) is 4.62. The zero-order valence-electron chi connectivity index (χ0n) is 10.3. The minimum atomic E-state index is -4.45. The summed E-state index contributed by atoms with van der Waals surface area (Å²) in [5.74, 6) is -1.23. The summed E-state index contributed by atoms with van der Waals surface area (Å²) in [5.41, 5.74) is -0.588. The van der Waals surface area contributed by atoms with Crippen molar-refractivity contribution in [3.63, 3.8) is 0 Å². The van der Waals surface area contributed by atoms with E-state index in [0.717, 1.165) is 23.9 Å². The molecule has 0 radical (unpaired) electrons. The Kier molecular flexibility index (Phi) is 4.29. The molecule has 1 aliphatic heterocycles. The first kappa shape index (κ1) is 15.2. The molecular formula is C13H10F3NOS2. The first-order chi connectivity index (χ1) is 9.34. The Morgan fingerprint density at radius 3 is 2.70 bits per heavy atom. The van der Waals surface area contributed by atoms with Crippen LogP contribution in [0.25, 0.3) is 0 Å². The molecule has 1 aromatic rings. The number of alkyl halides is 3. The van der Waals surface area contributed by atoms with Crippen LogP contribution in [0.1, 0.15) is 17.0 Å². The zero-order valence-corrected chi connectivity index (χ0v) is 12.0. The van der Waals surface area contributed by atoms with E-state index in [0.29, 0.717) is 4.91 Å². The van der Waals surface area contributed by atoms with Crippen molar-refractivity contribution in [1.82, 2.24) is 0 Å². The zero-order chi connectivity index (χ0) is 14.9. The molecule has 7 heteroatoms. The normalized spacial score (nSPS) is 21.8. The highest BCUT2D eigenvalue weighted by Gasteiger charge is 2.38. The third-order valence-corrected chi connectivity index (χ3v) is 4.37. The summed E-state index contributed by atoms with van der Waals surface area (Å²) >= 11 is 2.34. The van der Waals surface area contributed by atoms with E-state index < -0.39 is 17.7 Å². The monoisotopic (exact) mass is 317 g/mol. The van der Waals surface area contributed by atoms with Crippen LogP contribution >= 0.6 is 23.5 Å². The van der Waals surface area contributed by atoms with E-state index in [-0.39, 0.29) is 16.4 Å². The molecule has 0 amide bonds. The van der Waals surface area contributed by atoms with E-state index in [1.807, 2.05) is 0 Å². The molecule has 1 saturated heterocycles. The maximum absolute atomic E-state index is 12.7. The summed E-state index contributed by atoms with van der Waals surface area (Å²) in [5, 5.41) is 9.50. The van der Waals surface area contributed by atoms with Gasteiger partial charge in [-0.15, -0.1) is 11.8 Å². The van der Waals surface area contributed by atoms with Crippen molar-refractivity contribution in [1.29, 1.82) is 5.41 Å². The van der Waals surface area contributed by atoms with Crippen molar-refractivity contribution in [2.75, 3.05) is 6.26 Å². The van der Waals surface area contributed by atoms with Crippen LogP contribution in [-0.2, 0) is 11.0 Å². The Balaban J connectivity index is 2.40. The molecule has 0 spiro atoms. The predicted octanol–water partition coefficient (Wildman–Crippen LogP) is 4.29. The van der Waals surface area contributed by atoms with Gasteiger partial charge in [0.25, 0.3) is 0 Å². The van der Waals surface area contributed by atoms with E-state index in [1.54, 1.807) is 11.7 Å². The molecule has 1 atom stereocenters. The topological polar surface area (TPSA) is 40.9 Å². The number of Topliss-reactive ketones (excluding diaryl/α,β-unsaturated/α-hetero) is 1. The molecule has 1 aromatic carbocycles. The number of allylic oxidation sites excluding steroid dienone is 1. The van der Waals surface area contributed by atoms with Gasteiger partial charge in [-0.1, -0.05) is 30.0 Å². The molecule has 20 heavy (non-hydrogen) atoms. The first-order valence-corrected chi connectivity index (χ1v) is 7.65. The predicted molar refractivity (Wildman–Crippen MR) is 76.1 cm³/mol. The molecule has 1 aliphatic rings. The van der Waals surface area contributed by atoms with Gasteiger partial charge in [0.15, 0.2) is 5.78 Å². The fourth-order valence-electron chi connectivity index (χ4n) is 1.88. The van der Waals surface area contributed by atoms with Gasteiger partial charge in [-0.05, 0) is 23.3 Å². The van der Waals surface area contributed by atoms with Crippen LogP contribution in [0.4, 0.5) is 13.2 Å². The highest BCUT2D eigenvalue weighted by Crippen LogP contribution is 2.41. The highest BCUT2D eigenvalue weighted by atomic mass is 32.2. The van der Waals surface area contributed by atoms with Crippen molar-refractivity contribution >= 4 is 34.4 Å². The number of nitrogens with one attached hydrogen (secondary N) is 1. The molecular weight excluding hydrogens is 307 g/mol. The number of hydrogen-bond acceptors (Lipinski definition) is 4. The molecule has 0 saturated carbocycles. The first-order valence-electron chi connectivity index (χ1n) is 5.55. The molecule has 0 bridgehead atoms. The molecule has 0 aromatic heterocycles. The molecule has 1 unspecified atom stereocenters. The lowest BCUT2D eigenvalue weighted by Crippen LogP contribution is -2.13. The van der Waals surface area contributed by atoms with Gasteiger partial charge in [0.2, 0.25) is 0 Å². The Bertz CT molecular complexity index is 596. The van der Waals surface area contributed by atoms with Gasteiger partial charge >= 0.3 is 6.18 Å². The number of rotatable bonds is 2. The Morgan fingerprint density at radius 2 is 2.10 bits per heavy atom. The maximum Gasteiger partial charge on any atom is 0.416 e. The van der Waals surface area contributed by atoms with Crippen LogP contribution in [0.5, 0.6) is 0 Å². The lowest BCUT2D eigenvalue weighted by molar-refractivity contribution is -0.137. The molecule has 1 heterocycles. The fourth-order valence-corrected chi connectivity index (χ4v) is 3.50. The van der Waals surface area contributed by atoms with Crippen molar-refractivity contribution in [2.45, 2.75) is 12.1 Å². The van der Waals surface area contributed by atoms with Crippen molar-refractivity contribution in [3.8, 4) is 0 Å². The minimum Gasteiger partial charge on any atom is -0.297 e. The average molecular weight is 317 g/mol. The molecule has 106 valence electrons. The van der Waals surface area contributed by atoms with E-state index in [1.165, 1.54) is 23.9 Å². The minimum absolute atomic E-state index is 0.0645. The fraction of sp³-hybridized carbons (Fsp3) is 0.231. The van der Waals surface area contributed by atoms with E-state index in [9.17, 15) is 18.0 Å². The standard InChI is InChI=1S/C13H10F3NOS2/c1-19-6-9-11(18)10(12(17)20-9)7-3-2-4-8(5-7)13(14,15)16/h2-6,10,17H,1H3. The Hall–Kier alpha value is -1.21. The molecule has 2 rings (SSSR count). The van der Waals surface area contributed by atoms with Crippen LogP contribution in [-0.4, -0.2) is 17.1 Å². The third-order valence-electron chi connectivity index (χ3n) is 2.76. The lowest BCUT2D eigenvalue weighted by atomic mass is 9.94. The van der Waals surface area contributed by atoms with Crippen LogP contribution in [0.3, 0.4) is 0 Å². The summed E-state index contributed by atoms with van der Waals surface area (Å²) < 4.78 is 38.1. The number of hydrogen-bond donors (Lipinski definition) is 1. The number of carbonyl (C=O) groups excluding carboxylic acids is 1. The molecule has 2 nitrogen and oxygen atoms in total. The van der Waals surface area contributed by atoms with Crippen molar-refractivity contribution in [3.05, 3.63) is 45.7 Å². The summed E-state index contributed by atoms with van der Waals surface area (Å²) in [6.07, 6.45) is -2.67.